The zero-order chi connectivity index (χ0) is 15.8. The lowest BCUT2D eigenvalue weighted by molar-refractivity contribution is -0.121. The summed E-state index contributed by atoms with van der Waals surface area (Å²) in [5.41, 5.74) is 7.31. The highest BCUT2D eigenvalue weighted by molar-refractivity contribution is 5.92. The van der Waals surface area contributed by atoms with Crippen LogP contribution >= 0.6 is 0 Å². The Balaban J connectivity index is 1.40. The van der Waals surface area contributed by atoms with Crippen LogP contribution in [-0.2, 0) is 9.53 Å². The first-order valence-electron chi connectivity index (χ1n) is 8.57. The van der Waals surface area contributed by atoms with Gasteiger partial charge < -0.3 is 20.7 Å². The second-order valence-electron chi connectivity index (χ2n) is 6.93. The predicted octanol–water partition coefficient (Wildman–Crippen LogP) is 1.23. The molecule has 2 heterocycles. The van der Waals surface area contributed by atoms with Crippen molar-refractivity contribution in [2.24, 2.45) is 23.5 Å². The lowest BCUT2D eigenvalue weighted by Crippen LogP contribution is -2.42. The number of hydrogen-bond donors (Lipinski definition) is 2. The van der Waals surface area contributed by atoms with Gasteiger partial charge in [0.25, 0.3) is 0 Å². The van der Waals surface area contributed by atoms with Crippen LogP contribution in [0.15, 0.2) is 18.3 Å². The van der Waals surface area contributed by atoms with Gasteiger partial charge in [0.2, 0.25) is 5.91 Å². The number of fused-ring (bicyclic) bond motifs is 2. The number of aromatic nitrogens is 1. The van der Waals surface area contributed by atoms with Crippen LogP contribution in [-0.4, -0.2) is 43.2 Å². The van der Waals surface area contributed by atoms with Crippen molar-refractivity contribution in [3.05, 3.63) is 18.3 Å². The summed E-state index contributed by atoms with van der Waals surface area (Å²) in [7, 11) is 0. The maximum absolute atomic E-state index is 12.5. The monoisotopic (exact) mass is 316 g/mol. The third-order valence-corrected chi connectivity index (χ3v) is 5.66. The summed E-state index contributed by atoms with van der Waals surface area (Å²) >= 11 is 0. The molecule has 23 heavy (non-hydrogen) atoms. The van der Waals surface area contributed by atoms with E-state index >= 15 is 0 Å². The molecule has 3 fully saturated rings. The largest absolute Gasteiger partial charge is 0.378 e. The Bertz CT molecular complexity index is 568. The summed E-state index contributed by atoms with van der Waals surface area (Å²) in [6.45, 7) is 3.27. The molecule has 1 amide bonds. The Labute approximate surface area is 136 Å². The molecule has 1 aliphatic heterocycles. The minimum Gasteiger partial charge on any atom is -0.378 e. The molecule has 4 atom stereocenters. The number of nitrogens with zero attached hydrogens (tertiary/aromatic N) is 2. The van der Waals surface area contributed by atoms with Crippen molar-refractivity contribution in [1.82, 2.24) is 4.98 Å². The molecule has 3 aliphatic rings. The summed E-state index contributed by atoms with van der Waals surface area (Å²) in [6, 6.07) is 3.90. The van der Waals surface area contributed by atoms with Crippen LogP contribution < -0.4 is 16.0 Å². The summed E-state index contributed by atoms with van der Waals surface area (Å²) in [4.78, 5) is 19.2. The fourth-order valence-corrected chi connectivity index (χ4v) is 4.40. The molecule has 1 aromatic rings. The number of anilines is 2. The van der Waals surface area contributed by atoms with Gasteiger partial charge in [0, 0.05) is 19.1 Å². The number of carbonyl (C=O) groups excluding carboxylic acids is 1. The smallest absolute Gasteiger partial charge is 0.230 e. The molecule has 4 rings (SSSR count). The van der Waals surface area contributed by atoms with Gasteiger partial charge in [-0.15, -0.1) is 0 Å². The van der Waals surface area contributed by atoms with E-state index in [1.54, 1.807) is 0 Å². The minimum absolute atomic E-state index is 0.0152. The molecule has 4 unspecified atom stereocenters. The summed E-state index contributed by atoms with van der Waals surface area (Å²) in [5.74, 6) is 1.60. The quantitative estimate of drug-likeness (QED) is 0.877. The van der Waals surface area contributed by atoms with E-state index in [0.717, 1.165) is 44.8 Å². The molecule has 2 aliphatic carbocycles. The van der Waals surface area contributed by atoms with Crippen molar-refractivity contribution in [3.63, 3.8) is 0 Å². The van der Waals surface area contributed by atoms with E-state index in [0.29, 0.717) is 17.7 Å². The molecule has 0 aromatic carbocycles. The fraction of sp³-hybridized carbons (Fsp3) is 0.647. The highest BCUT2D eigenvalue weighted by atomic mass is 16.5. The lowest BCUT2D eigenvalue weighted by atomic mass is 9.84. The number of rotatable bonds is 3. The molecule has 3 N–H and O–H groups in total. The first-order chi connectivity index (χ1) is 11.2. The molecule has 2 saturated carbocycles. The summed E-state index contributed by atoms with van der Waals surface area (Å²) < 4.78 is 5.36. The van der Waals surface area contributed by atoms with Crippen LogP contribution in [0.4, 0.5) is 11.5 Å². The Morgan fingerprint density at radius 2 is 2.04 bits per heavy atom. The molecule has 1 saturated heterocycles. The highest BCUT2D eigenvalue weighted by Crippen LogP contribution is 2.47. The van der Waals surface area contributed by atoms with Crippen LogP contribution in [0, 0.1) is 17.8 Å². The number of amides is 1. The van der Waals surface area contributed by atoms with Crippen LogP contribution in [0.2, 0.25) is 0 Å². The fourth-order valence-electron chi connectivity index (χ4n) is 4.40. The SMILES string of the molecule is NC1C2CCC(C2)C1C(=O)Nc1ccc(N2CCOCC2)cn1. The Hall–Kier alpha value is -1.66. The standard InChI is InChI=1S/C17H24N4O2/c18-16-12-2-1-11(9-12)15(16)17(22)20-14-4-3-13(10-19-14)21-5-7-23-8-6-21/h3-4,10-12,15-16H,1-2,5-9,18H2,(H,19,20,22). The van der Waals surface area contributed by atoms with Gasteiger partial charge >= 0.3 is 0 Å². The number of morpholine rings is 1. The maximum atomic E-state index is 12.5. The molecular weight excluding hydrogens is 292 g/mol. The van der Waals surface area contributed by atoms with Gasteiger partial charge in [0.15, 0.2) is 0 Å². The van der Waals surface area contributed by atoms with E-state index in [2.05, 4.69) is 15.2 Å². The topological polar surface area (TPSA) is 80.5 Å². The third kappa shape index (κ3) is 2.81. The van der Waals surface area contributed by atoms with E-state index < -0.39 is 0 Å². The number of nitrogens with one attached hydrogen (secondary N) is 1. The van der Waals surface area contributed by atoms with Gasteiger partial charge in [0.1, 0.15) is 5.82 Å². The van der Waals surface area contributed by atoms with Crippen molar-refractivity contribution in [1.29, 1.82) is 0 Å². The zero-order valence-electron chi connectivity index (χ0n) is 13.3. The summed E-state index contributed by atoms with van der Waals surface area (Å²) in [5, 5.41) is 2.96. The van der Waals surface area contributed by atoms with Gasteiger partial charge in [-0.2, -0.15) is 0 Å². The molecule has 6 heteroatoms. The molecule has 2 bridgehead atoms. The number of pyridine rings is 1. The Morgan fingerprint density at radius 3 is 2.70 bits per heavy atom. The lowest BCUT2D eigenvalue weighted by Gasteiger charge is -2.29. The molecule has 0 spiro atoms. The number of nitrogens with two attached hydrogens (primary N) is 1. The predicted molar refractivity (Wildman–Crippen MR) is 88.2 cm³/mol. The highest BCUT2D eigenvalue weighted by Gasteiger charge is 2.49. The maximum Gasteiger partial charge on any atom is 0.230 e. The van der Waals surface area contributed by atoms with Gasteiger partial charge in [-0.25, -0.2) is 4.98 Å². The molecule has 1 aromatic heterocycles. The average Bonchev–Trinajstić information content (AvgIpc) is 3.17. The second-order valence-corrected chi connectivity index (χ2v) is 6.93. The van der Waals surface area contributed by atoms with Gasteiger partial charge in [-0.3, -0.25) is 4.79 Å². The number of hydrogen-bond acceptors (Lipinski definition) is 5. The van der Waals surface area contributed by atoms with Crippen LogP contribution in [0.5, 0.6) is 0 Å². The van der Waals surface area contributed by atoms with Crippen molar-refractivity contribution in [2.45, 2.75) is 25.3 Å². The molecule has 0 radical (unpaired) electrons. The molecule has 124 valence electrons. The van der Waals surface area contributed by atoms with E-state index in [1.165, 1.54) is 6.42 Å². The van der Waals surface area contributed by atoms with Crippen LogP contribution in [0.25, 0.3) is 0 Å². The molecular formula is C17H24N4O2. The van der Waals surface area contributed by atoms with Gasteiger partial charge in [-0.05, 0) is 43.2 Å². The third-order valence-electron chi connectivity index (χ3n) is 5.66. The molecule has 6 nitrogen and oxygen atoms in total. The number of ether oxygens (including phenoxy) is 1. The van der Waals surface area contributed by atoms with E-state index in [-0.39, 0.29) is 17.9 Å². The van der Waals surface area contributed by atoms with Gasteiger partial charge in [0.05, 0.1) is 31.0 Å². The van der Waals surface area contributed by atoms with E-state index in [1.807, 2.05) is 18.3 Å². The van der Waals surface area contributed by atoms with Gasteiger partial charge in [-0.1, -0.05) is 0 Å². The van der Waals surface area contributed by atoms with Crippen molar-refractivity contribution < 1.29 is 9.53 Å². The van der Waals surface area contributed by atoms with Crippen LogP contribution in [0.1, 0.15) is 19.3 Å². The zero-order valence-corrected chi connectivity index (χ0v) is 13.3. The average molecular weight is 316 g/mol. The van der Waals surface area contributed by atoms with Crippen molar-refractivity contribution in [2.75, 3.05) is 36.5 Å². The number of carbonyl (C=O) groups is 1. The van der Waals surface area contributed by atoms with E-state index in [9.17, 15) is 4.79 Å². The van der Waals surface area contributed by atoms with Crippen molar-refractivity contribution in [3.8, 4) is 0 Å². The first kappa shape index (κ1) is 14.9. The normalized spacial score (nSPS) is 33.0. The second kappa shape index (κ2) is 6.09. The minimum atomic E-state index is -0.0468. The Morgan fingerprint density at radius 1 is 1.26 bits per heavy atom. The van der Waals surface area contributed by atoms with Crippen molar-refractivity contribution >= 4 is 17.4 Å². The van der Waals surface area contributed by atoms with Crippen LogP contribution in [0.3, 0.4) is 0 Å². The van der Waals surface area contributed by atoms with E-state index in [4.69, 9.17) is 10.5 Å². The summed E-state index contributed by atoms with van der Waals surface area (Å²) in [6.07, 6.45) is 5.26. The first-order valence-corrected chi connectivity index (χ1v) is 8.57. The Kier molecular flexibility index (Phi) is 3.95.